The number of halogens is 2. The molecule has 0 bridgehead atoms. The molecule has 2 nitrogen and oxygen atoms in total. The first-order valence-electron chi connectivity index (χ1n) is 10.5. The van der Waals surface area contributed by atoms with E-state index in [0.717, 1.165) is 23.1 Å². The molecule has 1 aromatic carbocycles. The highest BCUT2D eigenvalue weighted by molar-refractivity contribution is 6.54. The largest absolute Gasteiger partial charge is 0.457 e. The molecule has 27 heavy (non-hydrogen) atoms. The maximum atomic E-state index is 13.5. The van der Waals surface area contributed by atoms with Gasteiger partial charge < -0.3 is 9.47 Å². The average molecular weight is 397 g/mol. The lowest BCUT2D eigenvalue weighted by molar-refractivity contribution is 0.0592. The van der Waals surface area contributed by atoms with Crippen LogP contribution in [0.3, 0.4) is 0 Å². The number of unbranched alkanes of at least 4 members (excludes halogenated alkanes) is 2. The number of rotatable bonds is 11. The highest BCUT2D eigenvalue weighted by Crippen LogP contribution is 2.34. The highest BCUT2D eigenvalue weighted by Gasteiger charge is 2.22. The predicted molar refractivity (Wildman–Crippen MR) is 109 cm³/mol. The molecular formula is C22H34F2O2Si. The van der Waals surface area contributed by atoms with Crippen LogP contribution in [0.1, 0.15) is 72.1 Å². The Hall–Kier alpha value is -1.10. The van der Waals surface area contributed by atoms with E-state index in [9.17, 15) is 8.78 Å². The SMILES string of the molecule is CCCCCC1CCC(C[Si]c2cccc(OC(C)F)c2OC(C)F)CC1. The molecule has 0 aromatic heterocycles. The van der Waals surface area contributed by atoms with Crippen LogP contribution in [0.15, 0.2) is 18.2 Å². The Bertz CT molecular complexity index is 543. The summed E-state index contributed by atoms with van der Waals surface area (Å²) in [4.78, 5) is 0. The molecule has 0 aliphatic heterocycles. The third-order valence-electron chi connectivity index (χ3n) is 5.31. The van der Waals surface area contributed by atoms with E-state index < -0.39 is 12.7 Å². The standard InChI is InChI=1S/C22H34F2O2Si/c1-4-5-6-8-18-11-13-19(14-12-18)15-27-21-10-7-9-20(25-16(2)23)22(21)26-17(3)24/h7,9-10,16-19H,4-6,8,11-15H2,1-3H3. The van der Waals surface area contributed by atoms with Gasteiger partial charge in [-0.05, 0) is 23.1 Å². The van der Waals surface area contributed by atoms with Crippen molar-refractivity contribution in [3.05, 3.63) is 18.2 Å². The van der Waals surface area contributed by atoms with Gasteiger partial charge in [0.1, 0.15) is 0 Å². The van der Waals surface area contributed by atoms with Gasteiger partial charge in [0.15, 0.2) is 11.5 Å². The molecule has 152 valence electrons. The fraction of sp³-hybridized carbons (Fsp3) is 0.727. The number of hydrogen-bond acceptors (Lipinski definition) is 2. The van der Waals surface area contributed by atoms with Crippen LogP contribution < -0.4 is 14.7 Å². The van der Waals surface area contributed by atoms with Crippen LogP contribution >= 0.6 is 0 Å². The number of alkyl halides is 2. The zero-order chi connectivity index (χ0) is 19.6. The van der Waals surface area contributed by atoms with E-state index in [1.54, 1.807) is 6.07 Å². The second-order valence-electron chi connectivity index (χ2n) is 7.72. The van der Waals surface area contributed by atoms with Gasteiger partial charge in [-0.3, -0.25) is 0 Å². The summed E-state index contributed by atoms with van der Waals surface area (Å²) >= 11 is 0. The van der Waals surface area contributed by atoms with Gasteiger partial charge in [-0.2, -0.15) is 0 Å². The summed E-state index contributed by atoms with van der Waals surface area (Å²) in [5.41, 5.74) is 0. The summed E-state index contributed by atoms with van der Waals surface area (Å²) in [6, 6.07) is 6.51. The smallest absolute Gasteiger partial charge is 0.236 e. The molecule has 5 heteroatoms. The highest BCUT2D eigenvalue weighted by atomic mass is 28.2. The van der Waals surface area contributed by atoms with E-state index in [0.29, 0.717) is 21.0 Å². The van der Waals surface area contributed by atoms with Gasteiger partial charge in [-0.15, -0.1) is 0 Å². The van der Waals surface area contributed by atoms with Gasteiger partial charge in [0.25, 0.3) is 0 Å². The van der Waals surface area contributed by atoms with E-state index >= 15 is 0 Å². The first-order valence-corrected chi connectivity index (χ1v) is 11.7. The Morgan fingerprint density at radius 3 is 2.30 bits per heavy atom. The molecule has 2 atom stereocenters. The Balaban J connectivity index is 1.90. The van der Waals surface area contributed by atoms with Crippen LogP contribution in [-0.4, -0.2) is 22.2 Å². The van der Waals surface area contributed by atoms with Crippen molar-refractivity contribution in [3.8, 4) is 11.5 Å². The van der Waals surface area contributed by atoms with E-state index in [-0.39, 0.29) is 0 Å². The Kier molecular flexibility index (Phi) is 9.59. The predicted octanol–water partition coefficient (Wildman–Crippen LogP) is 6.21. The lowest BCUT2D eigenvalue weighted by Gasteiger charge is -2.28. The molecule has 1 fully saturated rings. The van der Waals surface area contributed by atoms with Crippen molar-refractivity contribution in [2.45, 2.75) is 90.9 Å². The summed E-state index contributed by atoms with van der Waals surface area (Å²) in [6.07, 6.45) is 7.75. The Labute approximate surface area is 165 Å². The second-order valence-corrected chi connectivity index (χ2v) is 9.02. The monoisotopic (exact) mass is 396 g/mol. The zero-order valence-electron chi connectivity index (χ0n) is 17.0. The third kappa shape index (κ3) is 7.80. The van der Waals surface area contributed by atoms with Crippen LogP contribution in [0.25, 0.3) is 0 Å². The molecule has 0 spiro atoms. The molecule has 2 radical (unpaired) electrons. The minimum Gasteiger partial charge on any atom is -0.457 e. The van der Waals surface area contributed by atoms with Gasteiger partial charge in [-0.25, -0.2) is 8.78 Å². The molecule has 1 aliphatic carbocycles. The van der Waals surface area contributed by atoms with Gasteiger partial charge in [-0.1, -0.05) is 76.5 Å². The van der Waals surface area contributed by atoms with E-state index in [1.165, 1.54) is 65.2 Å². The lowest BCUT2D eigenvalue weighted by Crippen LogP contribution is -2.24. The summed E-state index contributed by atoms with van der Waals surface area (Å²) < 4.78 is 37.3. The van der Waals surface area contributed by atoms with Crippen molar-refractivity contribution >= 4 is 14.7 Å². The average Bonchev–Trinajstić information content (AvgIpc) is 2.62. The van der Waals surface area contributed by atoms with Crippen molar-refractivity contribution in [2.24, 2.45) is 11.8 Å². The fourth-order valence-corrected chi connectivity index (χ4v) is 5.34. The lowest BCUT2D eigenvalue weighted by atomic mass is 9.80. The quantitative estimate of drug-likeness (QED) is 0.327. The van der Waals surface area contributed by atoms with Crippen molar-refractivity contribution in [1.82, 2.24) is 0 Å². The van der Waals surface area contributed by atoms with Crippen molar-refractivity contribution in [3.63, 3.8) is 0 Å². The van der Waals surface area contributed by atoms with Crippen LogP contribution in [0.5, 0.6) is 11.5 Å². The third-order valence-corrected chi connectivity index (χ3v) is 6.87. The van der Waals surface area contributed by atoms with Gasteiger partial charge in [0.05, 0.1) is 9.52 Å². The molecule has 1 aliphatic rings. The van der Waals surface area contributed by atoms with E-state index in [1.807, 2.05) is 12.1 Å². The van der Waals surface area contributed by atoms with Crippen LogP contribution in [-0.2, 0) is 0 Å². The van der Waals surface area contributed by atoms with Gasteiger partial charge >= 0.3 is 0 Å². The van der Waals surface area contributed by atoms with Crippen LogP contribution in [0.4, 0.5) is 8.78 Å². The Morgan fingerprint density at radius 1 is 1.00 bits per heavy atom. The summed E-state index contributed by atoms with van der Waals surface area (Å²) in [7, 11) is 0.526. The molecule has 0 amide bonds. The maximum Gasteiger partial charge on any atom is 0.236 e. The number of benzene rings is 1. The topological polar surface area (TPSA) is 18.5 Å². The molecule has 2 rings (SSSR count). The minimum atomic E-state index is -1.45. The van der Waals surface area contributed by atoms with Crippen molar-refractivity contribution in [2.75, 3.05) is 0 Å². The van der Waals surface area contributed by atoms with Crippen LogP contribution in [0.2, 0.25) is 6.04 Å². The van der Waals surface area contributed by atoms with E-state index in [4.69, 9.17) is 9.47 Å². The van der Waals surface area contributed by atoms with Crippen molar-refractivity contribution in [1.29, 1.82) is 0 Å². The Morgan fingerprint density at radius 2 is 1.67 bits per heavy atom. The molecule has 2 unspecified atom stereocenters. The second kappa shape index (κ2) is 11.7. The van der Waals surface area contributed by atoms with E-state index in [2.05, 4.69) is 6.92 Å². The minimum absolute atomic E-state index is 0.291. The molecular weight excluding hydrogens is 362 g/mol. The van der Waals surface area contributed by atoms with Crippen molar-refractivity contribution < 1.29 is 18.3 Å². The number of para-hydroxylation sites is 1. The first-order chi connectivity index (χ1) is 13.0. The molecule has 1 aromatic rings. The maximum absolute atomic E-state index is 13.5. The normalized spacial score (nSPS) is 22.3. The molecule has 0 N–H and O–H groups in total. The molecule has 0 heterocycles. The van der Waals surface area contributed by atoms with Crippen LogP contribution in [0, 0.1) is 11.8 Å². The summed E-state index contributed by atoms with van der Waals surface area (Å²) in [5, 5.41) is 0.933. The molecule has 0 saturated heterocycles. The van der Waals surface area contributed by atoms with Gasteiger partial charge in [0.2, 0.25) is 12.7 Å². The number of hydrogen-bond donors (Lipinski definition) is 0. The first kappa shape index (κ1) is 22.2. The zero-order valence-corrected chi connectivity index (χ0v) is 18.0. The summed E-state index contributed by atoms with van der Waals surface area (Å²) in [5.74, 6) is 2.29. The molecule has 1 saturated carbocycles. The fourth-order valence-electron chi connectivity index (χ4n) is 3.87. The summed E-state index contributed by atoms with van der Waals surface area (Å²) in [6.45, 7) is 4.91. The van der Waals surface area contributed by atoms with Gasteiger partial charge in [0, 0.05) is 13.8 Å². The number of ether oxygens (including phenoxy) is 2.